The van der Waals surface area contributed by atoms with Crippen molar-refractivity contribution in [3.05, 3.63) is 58.6 Å². The molecule has 2 aromatic rings. The van der Waals surface area contributed by atoms with Crippen LogP contribution in [-0.2, 0) is 4.79 Å². The SMILES string of the molecule is COc1ccccc1[C@@H](C)NC(=O)CCCOc1ccc(Cl)c(C)c1. The Kier molecular flexibility index (Phi) is 7.14. The number of rotatable bonds is 8. The first-order chi connectivity index (χ1) is 12.0. The highest BCUT2D eigenvalue weighted by Crippen LogP contribution is 2.24. The third kappa shape index (κ3) is 5.68. The summed E-state index contributed by atoms with van der Waals surface area (Å²) >= 11 is 5.99. The average Bonchev–Trinajstić information content (AvgIpc) is 2.61. The second kappa shape index (κ2) is 9.33. The van der Waals surface area contributed by atoms with E-state index < -0.39 is 0 Å². The lowest BCUT2D eigenvalue weighted by molar-refractivity contribution is -0.121. The largest absolute Gasteiger partial charge is 0.496 e. The Balaban J connectivity index is 1.75. The number of halogens is 1. The van der Waals surface area contributed by atoms with Crippen LogP contribution in [-0.4, -0.2) is 19.6 Å². The fraction of sp³-hybridized carbons (Fsp3) is 0.350. The minimum absolute atomic E-state index is 0.00528. The zero-order valence-electron chi connectivity index (χ0n) is 14.8. The molecule has 0 heterocycles. The molecular formula is C20H24ClNO3. The summed E-state index contributed by atoms with van der Waals surface area (Å²) in [5, 5.41) is 3.71. The van der Waals surface area contributed by atoms with Crippen LogP contribution in [0, 0.1) is 6.92 Å². The molecule has 0 saturated carbocycles. The van der Waals surface area contributed by atoms with Gasteiger partial charge in [-0.25, -0.2) is 0 Å². The van der Waals surface area contributed by atoms with Crippen molar-refractivity contribution in [2.24, 2.45) is 0 Å². The number of aryl methyl sites for hydroxylation is 1. The predicted molar refractivity (Wildman–Crippen MR) is 100 cm³/mol. The number of hydrogen-bond acceptors (Lipinski definition) is 3. The van der Waals surface area contributed by atoms with E-state index in [1.807, 2.05) is 56.3 Å². The highest BCUT2D eigenvalue weighted by Gasteiger charge is 2.13. The number of amides is 1. The van der Waals surface area contributed by atoms with Gasteiger partial charge in [-0.2, -0.15) is 0 Å². The van der Waals surface area contributed by atoms with Gasteiger partial charge in [-0.05, 0) is 50.1 Å². The summed E-state index contributed by atoms with van der Waals surface area (Å²) in [6, 6.07) is 13.1. The standard InChI is InChI=1S/C20H24ClNO3/c1-14-13-16(10-11-18(14)21)25-12-6-9-20(23)22-15(2)17-7-4-5-8-19(17)24-3/h4-5,7-8,10-11,13,15H,6,9,12H2,1-3H3,(H,22,23)/t15-/m1/s1. The Labute approximate surface area is 154 Å². The van der Waals surface area contributed by atoms with Crippen molar-refractivity contribution < 1.29 is 14.3 Å². The van der Waals surface area contributed by atoms with Crippen LogP contribution in [0.2, 0.25) is 5.02 Å². The van der Waals surface area contributed by atoms with Crippen LogP contribution in [0.4, 0.5) is 0 Å². The molecule has 2 rings (SSSR count). The number of ether oxygens (including phenoxy) is 2. The molecule has 5 heteroatoms. The summed E-state index contributed by atoms with van der Waals surface area (Å²) in [5.74, 6) is 1.54. The maximum absolute atomic E-state index is 12.1. The molecule has 0 aliphatic rings. The third-order valence-electron chi connectivity index (χ3n) is 3.93. The van der Waals surface area contributed by atoms with Crippen molar-refractivity contribution in [1.29, 1.82) is 0 Å². The zero-order valence-corrected chi connectivity index (χ0v) is 15.6. The molecule has 1 atom stereocenters. The minimum Gasteiger partial charge on any atom is -0.496 e. The molecule has 2 aromatic carbocycles. The summed E-state index contributed by atoms with van der Waals surface area (Å²) in [4.78, 5) is 12.1. The Morgan fingerprint density at radius 3 is 2.72 bits per heavy atom. The third-order valence-corrected chi connectivity index (χ3v) is 4.35. The number of carbonyl (C=O) groups is 1. The molecule has 0 unspecified atom stereocenters. The van der Waals surface area contributed by atoms with E-state index in [0.717, 1.165) is 27.6 Å². The first-order valence-corrected chi connectivity index (χ1v) is 8.70. The van der Waals surface area contributed by atoms with Crippen LogP contribution < -0.4 is 14.8 Å². The van der Waals surface area contributed by atoms with Crippen molar-refractivity contribution >= 4 is 17.5 Å². The molecule has 1 N–H and O–H groups in total. The van der Waals surface area contributed by atoms with Crippen molar-refractivity contribution in [3.63, 3.8) is 0 Å². The Hall–Kier alpha value is -2.20. The second-order valence-corrected chi connectivity index (χ2v) is 6.30. The number of methoxy groups -OCH3 is 1. The van der Waals surface area contributed by atoms with E-state index in [9.17, 15) is 4.79 Å². The number of carbonyl (C=O) groups excluding carboxylic acids is 1. The van der Waals surface area contributed by atoms with Crippen LogP contribution in [0.25, 0.3) is 0 Å². The molecule has 0 aromatic heterocycles. The van der Waals surface area contributed by atoms with Crippen molar-refractivity contribution in [2.75, 3.05) is 13.7 Å². The molecule has 1 amide bonds. The summed E-state index contributed by atoms with van der Waals surface area (Å²) < 4.78 is 11.0. The monoisotopic (exact) mass is 361 g/mol. The quantitative estimate of drug-likeness (QED) is 0.693. The van der Waals surface area contributed by atoms with Gasteiger partial charge in [0.2, 0.25) is 5.91 Å². The van der Waals surface area contributed by atoms with E-state index in [0.29, 0.717) is 19.4 Å². The summed E-state index contributed by atoms with van der Waals surface area (Å²) in [5.41, 5.74) is 1.94. The van der Waals surface area contributed by atoms with Gasteiger partial charge in [-0.1, -0.05) is 29.8 Å². The first-order valence-electron chi connectivity index (χ1n) is 8.32. The van der Waals surface area contributed by atoms with Gasteiger partial charge < -0.3 is 14.8 Å². The lowest BCUT2D eigenvalue weighted by Gasteiger charge is -2.17. The lowest BCUT2D eigenvalue weighted by Crippen LogP contribution is -2.27. The van der Waals surface area contributed by atoms with Crippen molar-refractivity contribution in [3.8, 4) is 11.5 Å². The topological polar surface area (TPSA) is 47.6 Å². The van der Waals surface area contributed by atoms with Gasteiger partial charge >= 0.3 is 0 Å². The molecule has 0 saturated heterocycles. The normalized spacial score (nSPS) is 11.7. The molecule has 4 nitrogen and oxygen atoms in total. The highest BCUT2D eigenvalue weighted by atomic mass is 35.5. The Morgan fingerprint density at radius 2 is 2.00 bits per heavy atom. The summed E-state index contributed by atoms with van der Waals surface area (Å²) in [7, 11) is 1.63. The maximum Gasteiger partial charge on any atom is 0.220 e. The van der Waals surface area contributed by atoms with Gasteiger partial charge in [-0.15, -0.1) is 0 Å². The smallest absolute Gasteiger partial charge is 0.220 e. The van der Waals surface area contributed by atoms with E-state index in [1.54, 1.807) is 7.11 Å². The van der Waals surface area contributed by atoms with Crippen LogP contribution in [0.5, 0.6) is 11.5 Å². The Morgan fingerprint density at radius 1 is 1.24 bits per heavy atom. The van der Waals surface area contributed by atoms with Crippen molar-refractivity contribution in [1.82, 2.24) is 5.32 Å². The number of benzene rings is 2. The Bertz CT molecular complexity index is 718. The fourth-order valence-corrected chi connectivity index (χ4v) is 2.66. The molecule has 25 heavy (non-hydrogen) atoms. The number of nitrogens with one attached hydrogen (secondary N) is 1. The van der Waals surface area contributed by atoms with Crippen LogP contribution >= 0.6 is 11.6 Å². The minimum atomic E-state index is -0.108. The van der Waals surface area contributed by atoms with Gasteiger partial charge in [0.25, 0.3) is 0 Å². The van der Waals surface area contributed by atoms with Gasteiger partial charge in [-0.3, -0.25) is 4.79 Å². The summed E-state index contributed by atoms with van der Waals surface area (Å²) in [6.45, 7) is 4.36. The van der Waals surface area contributed by atoms with Crippen LogP contribution in [0.3, 0.4) is 0 Å². The van der Waals surface area contributed by atoms with Gasteiger partial charge in [0.1, 0.15) is 11.5 Å². The first kappa shape index (κ1) is 19.1. The van der Waals surface area contributed by atoms with E-state index in [-0.39, 0.29) is 11.9 Å². The van der Waals surface area contributed by atoms with Gasteiger partial charge in [0, 0.05) is 17.0 Å². The second-order valence-electron chi connectivity index (χ2n) is 5.89. The fourth-order valence-electron chi connectivity index (χ4n) is 2.55. The number of para-hydroxylation sites is 1. The highest BCUT2D eigenvalue weighted by molar-refractivity contribution is 6.31. The van der Waals surface area contributed by atoms with Crippen molar-refractivity contribution in [2.45, 2.75) is 32.7 Å². The van der Waals surface area contributed by atoms with Crippen LogP contribution in [0.1, 0.15) is 36.9 Å². The average molecular weight is 362 g/mol. The molecule has 134 valence electrons. The maximum atomic E-state index is 12.1. The van der Waals surface area contributed by atoms with Crippen LogP contribution in [0.15, 0.2) is 42.5 Å². The molecule has 0 aliphatic heterocycles. The molecule has 0 spiro atoms. The lowest BCUT2D eigenvalue weighted by atomic mass is 10.1. The van der Waals surface area contributed by atoms with E-state index >= 15 is 0 Å². The van der Waals surface area contributed by atoms with E-state index in [4.69, 9.17) is 21.1 Å². The predicted octanol–water partition coefficient (Wildman–Crippen LogP) is 4.69. The molecule has 0 radical (unpaired) electrons. The summed E-state index contributed by atoms with van der Waals surface area (Å²) in [6.07, 6.45) is 1.05. The van der Waals surface area contributed by atoms with Gasteiger partial charge in [0.15, 0.2) is 0 Å². The molecular weight excluding hydrogens is 338 g/mol. The molecule has 0 bridgehead atoms. The van der Waals surface area contributed by atoms with E-state index in [1.165, 1.54) is 0 Å². The zero-order chi connectivity index (χ0) is 18.2. The molecule has 0 fully saturated rings. The van der Waals surface area contributed by atoms with E-state index in [2.05, 4.69) is 5.32 Å². The van der Waals surface area contributed by atoms with Gasteiger partial charge in [0.05, 0.1) is 19.8 Å². The number of hydrogen-bond donors (Lipinski definition) is 1. The molecule has 0 aliphatic carbocycles.